The van der Waals surface area contributed by atoms with Crippen LogP contribution in [0.3, 0.4) is 0 Å². The summed E-state index contributed by atoms with van der Waals surface area (Å²) >= 11 is 0. The quantitative estimate of drug-likeness (QED) is 0.713. The molecule has 0 fully saturated rings. The van der Waals surface area contributed by atoms with Gasteiger partial charge in [-0.25, -0.2) is 9.97 Å². The van der Waals surface area contributed by atoms with Crippen molar-refractivity contribution in [2.24, 2.45) is 0 Å². The number of aliphatic hydroxyl groups excluding tert-OH is 1. The third-order valence-electron chi connectivity index (χ3n) is 1.90. The molecule has 2 N–H and O–H groups in total. The zero-order valence-electron chi connectivity index (χ0n) is 7.77. The number of ether oxygens (including phenoxy) is 1. The van der Waals surface area contributed by atoms with E-state index in [9.17, 15) is 5.11 Å². The molecule has 5 nitrogen and oxygen atoms in total. The average molecular weight is 193 g/mol. The van der Waals surface area contributed by atoms with Crippen molar-refractivity contribution in [2.45, 2.75) is 13.2 Å². The highest BCUT2D eigenvalue weighted by Crippen LogP contribution is 2.17. The van der Waals surface area contributed by atoms with Crippen LogP contribution in [0.2, 0.25) is 0 Å². The molecule has 0 aliphatic heterocycles. The fraction of sp³-hybridized carbons (Fsp3) is 0.333. The molecule has 1 atom stereocenters. The van der Waals surface area contributed by atoms with Crippen LogP contribution in [-0.2, 0) is 4.74 Å². The molecule has 0 aliphatic rings. The van der Waals surface area contributed by atoms with Crippen molar-refractivity contribution in [3.8, 4) is 0 Å². The fourth-order valence-electron chi connectivity index (χ4n) is 1.27. The number of aromatic nitrogens is 3. The van der Waals surface area contributed by atoms with E-state index in [1.165, 1.54) is 6.33 Å². The van der Waals surface area contributed by atoms with E-state index in [1.54, 1.807) is 12.3 Å². The first-order valence-corrected chi connectivity index (χ1v) is 4.39. The van der Waals surface area contributed by atoms with Crippen molar-refractivity contribution in [3.63, 3.8) is 0 Å². The van der Waals surface area contributed by atoms with Gasteiger partial charge in [-0.3, -0.25) is 0 Å². The van der Waals surface area contributed by atoms with Gasteiger partial charge in [-0.1, -0.05) is 0 Å². The van der Waals surface area contributed by atoms with E-state index in [4.69, 9.17) is 4.74 Å². The van der Waals surface area contributed by atoms with Crippen LogP contribution in [-0.4, -0.2) is 26.7 Å². The number of fused-ring (bicyclic) bond motifs is 1. The minimum Gasteiger partial charge on any atom is -0.363 e. The number of H-pyrrole nitrogens is 1. The number of aromatic amines is 1. The van der Waals surface area contributed by atoms with Crippen LogP contribution >= 0.6 is 0 Å². The molecule has 0 bridgehead atoms. The summed E-state index contributed by atoms with van der Waals surface area (Å²) in [5.41, 5.74) is 2.16. The van der Waals surface area contributed by atoms with Crippen LogP contribution in [0.25, 0.3) is 11.0 Å². The summed E-state index contributed by atoms with van der Waals surface area (Å²) in [7, 11) is 0. The summed E-state index contributed by atoms with van der Waals surface area (Å²) in [5, 5.41) is 9.52. The van der Waals surface area contributed by atoms with Crippen LogP contribution in [0.4, 0.5) is 0 Å². The Kier molecular flexibility index (Phi) is 2.43. The van der Waals surface area contributed by atoms with Crippen LogP contribution in [0.1, 0.15) is 18.9 Å². The lowest BCUT2D eigenvalue weighted by molar-refractivity contribution is -0.100. The second-order valence-corrected chi connectivity index (χ2v) is 2.85. The van der Waals surface area contributed by atoms with Gasteiger partial charge in [0.2, 0.25) is 0 Å². The Hall–Kier alpha value is -1.46. The molecule has 0 saturated carbocycles. The Morgan fingerprint density at radius 3 is 3.21 bits per heavy atom. The van der Waals surface area contributed by atoms with Gasteiger partial charge in [0.05, 0.1) is 22.9 Å². The lowest BCUT2D eigenvalue weighted by atomic mass is 10.4. The molecular weight excluding hydrogens is 182 g/mol. The minimum absolute atomic E-state index is 0.461. The largest absolute Gasteiger partial charge is 0.363 e. The first-order valence-electron chi connectivity index (χ1n) is 4.39. The van der Waals surface area contributed by atoms with Gasteiger partial charge in [-0.15, -0.1) is 0 Å². The van der Waals surface area contributed by atoms with E-state index in [2.05, 4.69) is 15.0 Å². The van der Waals surface area contributed by atoms with E-state index in [0.29, 0.717) is 12.3 Å². The van der Waals surface area contributed by atoms with E-state index in [-0.39, 0.29) is 0 Å². The summed E-state index contributed by atoms with van der Waals surface area (Å²) in [5.74, 6) is 0. The van der Waals surface area contributed by atoms with Crippen LogP contribution in [0.5, 0.6) is 0 Å². The van der Waals surface area contributed by atoms with Gasteiger partial charge in [0, 0.05) is 6.61 Å². The van der Waals surface area contributed by atoms with Crippen LogP contribution in [0, 0.1) is 0 Å². The Morgan fingerprint density at radius 1 is 1.64 bits per heavy atom. The summed E-state index contributed by atoms with van der Waals surface area (Å²) < 4.78 is 5.03. The molecule has 2 aromatic rings. The molecule has 0 spiro atoms. The lowest BCUT2D eigenvalue weighted by Gasteiger charge is -2.06. The highest BCUT2D eigenvalue weighted by atomic mass is 16.6. The first kappa shape index (κ1) is 9.11. The smallest absolute Gasteiger partial charge is 0.196 e. The SMILES string of the molecule is CCOC(O)c1cc2ncncc2[nH]1. The predicted octanol–water partition coefficient (Wildman–Crippen LogP) is 0.985. The molecule has 74 valence electrons. The standard InChI is InChI=1S/C9H11N3O2/c1-2-14-9(13)7-3-6-8(12-7)4-10-5-11-6/h3-5,9,12-13H,2H2,1H3. The molecule has 2 rings (SSSR count). The van der Waals surface area contributed by atoms with Gasteiger partial charge in [-0.05, 0) is 13.0 Å². The molecule has 1 unspecified atom stereocenters. The number of aliphatic hydroxyl groups is 1. The van der Waals surface area contributed by atoms with Crippen molar-refractivity contribution in [2.75, 3.05) is 6.61 Å². The maximum Gasteiger partial charge on any atom is 0.196 e. The van der Waals surface area contributed by atoms with Crippen LogP contribution < -0.4 is 0 Å². The number of nitrogens with one attached hydrogen (secondary N) is 1. The highest BCUT2D eigenvalue weighted by Gasteiger charge is 2.10. The van der Waals surface area contributed by atoms with Crippen molar-refractivity contribution in [1.29, 1.82) is 0 Å². The maximum absolute atomic E-state index is 9.52. The number of hydrogen-bond donors (Lipinski definition) is 2. The first-order chi connectivity index (χ1) is 6.81. The van der Waals surface area contributed by atoms with Crippen LogP contribution in [0.15, 0.2) is 18.6 Å². The highest BCUT2D eigenvalue weighted by molar-refractivity contribution is 5.74. The topological polar surface area (TPSA) is 71.0 Å². The van der Waals surface area contributed by atoms with Crippen molar-refractivity contribution < 1.29 is 9.84 Å². The molecule has 0 aliphatic carbocycles. The minimum atomic E-state index is -0.922. The van der Waals surface area contributed by atoms with Crippen molar-refractivity contribution in [3.05, 3.63) is 24.3 Å². The third-order valence-corrected chi connectivity index (χ3v) is 1.90. The van der Waals surface area contributed by atoms with Crippen molar-refractivity contribution >= 4 is 11.0 Å². The van der Waals surface area contributed by atoms with E-state index in [0.717, 1.165) is 11.0 Å². The Labute approximate surface area is 80.8 Å². The van der Waals surface area contributed by atoms with Gasteiger partial charge in [0.15, 0.2) is 6.29 Å². The van der Waals surface area contributed by atoms with Gasteiger partial charge in [0.25, 0.3) is 0 Å². The summed E-state index contributed by atoms with van der Waals surface area (Å²) in [4.78, 5) is 10.9. The maximum atomic E-state index is 9.52. The van der Waals surface area contributed by atoms with E-state index < -0.39 is 6.29 Å². The molecular formula is C9H11N3O2. The Balaban J connectivity index is 2.35. The second kappa shape index (κ2) is 3.73. The summed E-state index contributed by atoms with van der Waals surface area (Å²) in [6.07, 6.45) is 2.20. The second-order valence-electron chi connectivity index (χ2n) is 2.85. The molecule has 0 radical (unpaired) electrons. The number of hydrogen-bond acceptors (Lipinski definition) is 4. The third kappa shape index (κ3) is 1.59. The van der Waals surface area contributed by atoms with Gasteiger partial charge in [-0.2, -0.15) is 0 Å². The fourth-order valence-corrected chi connectivity index (χ4v) is 1.27. The normalized spacial score (nSPS) is 13.3. The summed E-state index contributed by atoms with van der Waals surface area (Å²) in [6, 6.07) is 1.75. The van der Waals surface area contributed by atoms with Gasteiger partial charge < -0.3 is 14.8 Å². The zero-order chi connectivity index (χ0) is 9.97. The number of rotatable bonds is 3. The molecule has 0 aromatic carbocycles. The zero-order valence-corrected chi connectivity index (χ0v) is 7.77. The molecule has 0 saturated heterocycles. The van der Waals surface area contributed by atoms with Gasteiger partial charge >= 0.3 is 0 Å². The monoisotopic (exact) mass is 193 g/mol. The van der Waals surface area contributed by atoms with E-state index >= 15 is 0 Å². The average Bonchev–Trinajstić information content (AvgIpc) is 2.61. The molecule has 14 heavy (non-hydrogen) atoms. The predicted molar refractivity (Wildman–Crippen MR) is 50.5 cm³/mol. The lowest BCUT2D eigenvalue weighted by Crippen LogP contribution is -2.02. The number of nitrogens with zero attached hydrogens (tertiary/aromatic N) is 2. The van der Waals surface area contributed by atoms with Crippen molar-refractivity contribution in [1.82, 2.24) is 15.0 Å². The van der Waals surface area contributed by atoms with E-state index in [1.807, 2.05) is 6.92 Å². The Morgan fingerprint density at radius 2 is 2.50 bits per heavy atom. The molecule has 5 heteroatoms. The molecule has 2 heterocycles. The summed E-state index contributed by atoms with van der Waals surface area (Å²) in [6.45, 7) is 2.29. The van der Waals surface area contributed by atoms with Gasteiger partial charge in [0.1, 0.15) is 6.33 Å². The molecule has 2 aromatic heterocycles. The Bertz CT molecular complexity index is 394. The molecule has 0 amide bonds.